The van der Waals surface area contributed by atoms with Gasteiger partial charge in [0.25, 0.3) is 0 Å². The van der Waals surface area contributed by atoms with Gasteiger partial charge in [0.05, 0.1) is 5.41 Å². The van der Waals surface area contributed by atoms with E-state index in [1.165, 1.54) is 89.6 Å². The van der Waals surface area contributed by atoms with Gasteiger partial charge in [-0.05, 0) is 113 Å². The Hall–Kier alpha value is -6.51. The van der Waals surface area contributed by atoms with Crippen molar-refractivity contribution in [2.24, 2.45) is 0 Å². The lowest BCUT2D eigenvalue weighted by molar-refractivity contribution is -0.437. The van der Waals surface area contributed by atoms with E-state index in [1.54, 1.807) is 0 Å². The largest absolute Gasteiger partial charge is 0.344 e. The Balaban J connectivity index is 1.22. The molecule has 3 aliphatic rings. The zero-order chi connectivity index (χ0) is 44.3. The van der Waals surface area contributed by atoms with Crippen molar-refractivity contribution in [1.82, 2.24) is 0 Å². The highest BCUT2D eigenvalue weighted by Gasteiger charge is 2.44. The summed E-state index contributed by atoms with van der Waals surface area (Å²) < 4.78 is 2.57. The third kappa shape index (κ3) is 8.00. The van der Waals surface area contributed by atoms with Crippen molar-refractivity contribution in [1.29, 1.82) is 0 Å². The molecule has 6 aromatic rings. The van der Waals surface area contributed by atoms with Crippen LogP contribution in [-0.4, -0.2) is 23.4 Å². The number of hydrogen-bond donors (Lipinski definition) is 0. The Morgan fingerprint density at radius 3 is 1.69 bits per heavy atom. The number of fused-ring (bicyclic) bond motifs is 2. The third-order valence-corrected chi connectivity index (χ3v) is 13.8. The lowest BCUT2D eigenvalue weighted by Gasteiger charge is -2.27. The molecule has 0 radical (unpaired) electrons. The van der Waals surface area contributed by atoms with Crippen LogP contribution in [0.15, 0.2) is 205 Å². The Morgan fingerprint density at radius 1 is 0.547 bits per heavy atom. The van der Waals surface area contributed by atoms with Gasteiger partial charge in [0.1, 0.15) is 6.54 Å². The average Bonchev–Trinajstić information content (AvgIpc) is 3.68. The third-order valence-electron chi connectivity index (χ3n) is 13.8. The van der Waals surface area contributed by atoms with Gasteiger partial charge in [-0.3, -0.25) is 0 Å². The van der Waals surface area contributed by atoms with E-state index in [0.717, 1.165) is 45.2 Å². The molecule has 2 aliphatic heterocycles. The Kier molecular flexibility index (Phi) is 12.2. The second-order valence-electron chi connectivity index (χ2n) is 18.7. The molecule has 0 N–H and O–H groups in total. The van der Waals surface area contributed by atoms with Gasteiger partial charge in [0.15, 0.2) is 5.71 Å². The lowest BCUT2D eigenvalue weighted by atomic mass is 9.79. The van der Waals surface area contributed by atoms with Gasteiger partial charge in [-0.1, -0.05) is 192 Å². The van der Waals surface area contributed by atoms with E-state index in [9.17, 15) is 0 Å². The monoisotopic (exact) mass is 835 g/mol. The van der Waals surface area contributed by atoms with Crippen LogP contribution in [0, 0.1) is 0 Å². The van der Waals surface area contributed by atoms with Gasteiger partial charge < -0.3 is 4.90 Å². The molecule has 2 heteroatoms. The van der Waals surface area contributed by atoms with E-state index in [1.807, 2.05) is 0 Å². The minimum absolute atomic E-state index is 0.0937. The molecule has 1 aliphatic carbocycles. The van der Waals surface area contributed by atoms with Gasteiger partial charge in [-0.2, -0.15) is 4.58 Å². The fourth-order valence-electron chi connectivity index (χ4n) is 10.7. The molecule has 0 unspecified atom stereocenters. The Morgan fingerprint density at radius 2 is 1.09 bits per heavy atom. The van der Waals surface area contributed by atoms with Crippen molar-refractivity contribution in [3.8, 4) is 0 Å². The first-order chi connectivity index (χ1) is 31.2. The molecule has 6 aromatic carbocycles. The normalized spacial score (nSPS) is 17.7. The maximum absolute atomic E-state index is 2.57. The molecule has 0 amide bonds. The van der Waals surface area contributed by atoms with E-state index in [4.69, 9.17) is 0 Å². The summed E-state index contributed by atoms with van der Waals surface area (Å²) in [5.41, 5.74) is 20.8. The second-order valence-corrected chi connectivity index (χ2v) is 18.7. The summed E-state index contributed by atoms with van der Waals surface area (Å²) in [5.74, 6) is 0. The number of para-hydroxylation sites is 2. The summed E-state index contributed by atoms with van der Waals surface area (Å²) >= 11 is 0. The molecule has 2 heterocycles. The zero-order valence-electron chi connectivity index (χ0n) is 38.7. The van der Waals surface area contributed by atoms with Crippen LogP contribution in [0.25, 0.3) is 16.7 Å². The molecule has 0 saturated carbocycles. The number of nitrogens with zero attached hydrogens (tertiary/aromatic N) is 2. The highest BCUT2D eigenvalue weighted by molar-refractivity contribution is 6.05. The fourth-order valence-corrected chi connectivity index (χ4v) is 10.7. The predicted octanol–water partition coefficient (Wildman–Crippen LogP) is 15.7. The minimum Gasteiger partial charge on any atom is -0.344 e. The summed E-state index contributed by atoms with van der Waals surface area (Å²) in [5, 5.41) is 0. The maximum atomic E-state index is 2.57. The zero-order valence-corrected chi connectivity index (χ0v) is 38.7. The highest BCUT2D eigenvalue weighted by atomic mass is 15.2. The van der Waals surface area contributed by atoms with Gasteiger partial charge in [0.2, 0.25) is 5.69 Å². The topological polar surface area (TPSA) is 6.25 Å². The summed E-state index contributed by atoms with van der Waals surface area (Å²) in [7, 11) is 0. The first-order valence-corrected chi connectivity index (χ1v) is 23.7. The molecular formula is C62H63N2+. The summed E-state index contributed by atoms with van der Waals surface area (Å²) in [6, 6.07) is 60.3. The van der Waals surface area contributed by atoms with Crippen LogP contribution >= 0.6 is 0 Å². The van der Waals surface area contributed by atoms with Gasteiger partial charge in [-0.15, -0.1) is 0 Å². The molecule has 0 bridgehead atoms. The smallest absolute Gasteiger partial charge is 0.209 e. The lowest BCUT2D eigenvalue weighted by Crippen LogP contribution is -2.28. The quantitative estimate of drug-likeness (QED) is 0.0879. The Bertz CT molecular complexity index is 2780. The molecule has 0 aromatic heterocycles. The number of allylic oxidation sites excluding steroid dienone is 8. The molecule has 0 atom stereocenters. The SMILES string of the molecule is CCCN1/C(=C\C=C2/CCCC(/C=C/C3=[N+](CCC)c4ccccc4C3(C)C)=C2c2ccc(C(=C(c3ccccc3)c3ccccc3)c3ccccc3)cc2)C(C)(C)c2ccccc21. The second kappa shape index (κ2) is 18.3. The average molecular weight is 836 g/mol. The molecular weight excluding hydrogens is 773 g/mol. The molecule has 64 heavy (non-hydrogen) atoms. The molecule has 0 saturated heterocycles. The van der Waals surface area contributed by atoms with Crippen LogP contribution in [0.1, 0.15) is 113 Å². The van der Waals surface area contributed by atoms with Crippen LogP contribution in [-0.2, 0) is 10.8 Å². The van der Waals surface area contributed by atoms with Gasteiger partial charge in [0, 0.05) is 47.5 Å². The van der Waals surface area contributed by atoms with Crippen LogP contribution < -0.4 is 4.90 Å². The number of hydrogen-bond acceptors (Lipinski definition) is 1. The van der Waals surface area contributed by atoms with Crippen LogP contribution in [0.5, 0.6) is 0 Å². The van der Waals surface area contributed by atoms with Crippen molar-refractivity contribution in [2.75, 3.05) is 18.0 Å². The van der Waals surface area contributed by atoms with Crippen LogP contribution in [0.2, 0.25) is 0 Å². The standard InChI is InChI=1S/C62H63N2/c1-7-43-63-54-33-20-18-31-52(54)61(3,4)56(63)41-39-48-29-22-30-49(40-42-57-62(5,6)53-32-19-21-34-55(53)64(57)44-8-2)58(48)50-35-37-51(38-36-50)60(47-27-16-11-17-28-47)59(45-23-12-9-13-24-45)46-25-14-10-15-26-46/h9-21,23-28,31-42H,7-8,22,29-30,43-44H2,1-6H3/q+1. The number of rotatable bonds is 12. The molecule has 0 fully saturated rings. The minimum atomic E-state index is -0.0937. The van der Waals surface area contributed by atoms with Crippen molar-refractivity contribution in [3.05, 3.63) is 244 Å². The summed E-state index contributed by atoms with van der Waals surface area (Å²) in [4.78, 5) is 2.57. The highest BCUT2D eigenvalue weighted by Crippen LogP contribution is 2.48. The molecule has 320 valence electrons. The van der Waals surface area contributed by atoms with Crippen LogP contribution in [0.3, 0.4) is 0 Å². The van der Waals surface area contributed by atoms with E-state index in [-0.39, 0.29) is 10.8 Å². The fraction of sp³-hybridized carbons (Fsp3) is 0.242. The predicted molar refractivity (Wildman–Crippen MR) is 274 cm³/mol. The number of anilines is 1. The van der Waals surface area contributed by atoms with Crippen LogP contribution in [0.4, 0.5) is 11.4 Å². The van der Waals surface area contributed by atoms with E-state index >= 15 is 0 Å². The molecule has 2 nitrogen and oxygen atoms in total. The Labute approximate surface area is 383 Å². The molecule has 0 spiro atoms. The first-order valence-electron chi connectivity index (χ1n) is 23.7. The van der Waals surface area contributed by atoms with E-state index < -0.39 is 0 Å². The van der Waals surface area contributed by atoms with Gasteiger partial charge >= 0.3 is 0 Å². The number of benzene rings is 6. The van der Waals surface area contributed by atoms with Crippen molar-refractivity contribution >= 4 is 33.8 Å². The first kappa shape index (κ1) is 42.8. The van der Waals surface area contributed by atoms with E-state index in [2.05, 4.69) is 239 Å². The van der Waals surface area contributed by atoms with Gasteiger partial charge in [-0.25, -0.2) is 0 Å². The summed E-state index contributed by atoms with van der Waals surface area (Å²) in [6.07, 6.45) is 15.3. The maximum Gasteiger partial charge on any atom is 0.209 e. The molecule has 9 rings (SSSR count). The van der Waals surface area contributed by atoms with E-state index in [0.29, 0.717) is 0 Å². The van der Waals surface area contributed by atoms with Crippen molar-refractivity contribution in [3.63, 3.8) is 0 Å². The van der Waals surface area contributed by atoms with Crippen molar-refractivity contribution in [2.45, 2.75) is 84.5 Å². The summed E-state index contributed by atoms with van der Waals surface area (Å²) in [6.45, 7) is 16.2. The van der Waals surface area contributed by atoms with Crippen molar-refractivity contribution < 1.29 is 4.58 Å².